The van der Waals surface area contributed by atoms with Gasteiger partial charge in [-0.2, -0.15) is 0 Å². The summed E-state index contributed by atoms with van der Waals surface area (Å²) in [5.41, 5.74) is 6.62. The van der Waals surface area contributed by atoms with Crippen LogP contribution in [0.15, 0.2) is 53.5 Å². The third kappa shape index (κ3) is 7.50. The van der Waals surface area contributed by atoms with Gasteiger partial charge in [-0.3, -0.25) is 4.99 Å². The van der Waals surface area contributed by atoms with Crippen molar-refractivity contribution in [2.45, 2.75) is 12.8 Å². The smallest absolute Gasteiger partial charge is 0.508 e. The van der Waals surface area contributed by atoms with Crippen LogP contribution in [0, 0.1) is 0 Å². The fourth-order valence-electron chi connectivity index (χ4n) is 1.98. The van der Waals surface area contributed by atoms with Crippen LogP contribution >= 0.6 is 24.0 Å². The van der Waals surface area contributed by atoms with Crippen LogP contribution in [-0.4, -0.2) is 24.0 Å². The van der Waals surface area contributed by atoms with Crippen LogP contribution in [0.1, 0.15) is 5.56 Å². The van der Waals surface area contributed by atoms with Gasteiger partial charge in [-0.05, 0) is 36.2 Å². The fraction of sp³-hybridized carbons (Fsp3) is 0.188. The number of nitrogens with zero attached hydrogens (tertiary/aromatic N) is 1. The highest BCUT2D eigenvalue weighted by Gasteiger charge is 2.32. The summed E-state index contributed by atoms with van der Waals surface area (Å²) in [5.74, 6) is -0.273. The van der Waals surface area contributed by atoms with Crippen molar-refractivity contribution in [2.24, 2.45) is 10.7 Å². The van der Waals surface area contributed by atoms with E-state index in [9.17, 15) is 18.3 Å². The molecule has 5 nitrogen and oxygen atoms in total. The first-order chi connectivity index (χ1) is 11.3. The normalized spacial score (nSPS) is 11.6. The Balaban J connectivity index is 0.00000312. The molecule has 0 atom stereocenters. The molecule has 0 aliphatic rings. The lowest BCUT2D eigenvalue weighted by atomic mass is 10.1. The third-order valence-corrected chi connectivity index (χ3v) is 2.97. The molecule has 0 aromatic heterocycles. The van der Waals surface area contributed by atoms with E-state index in [2.05, 4.69) is 15.0 Å². The number of rotatable bonds is 5. The lowest BCUT2D eigenvalue weighted by Gasteiger charge is -2.14. The molecule has 2 aromatic carbocycles. The Hall–Kier alpha value is -2.17. The average Bonchev–Trinajstić information content (AvgIpc) is 2.48. The summed E-state index contributed by atoms with van der Waals surface area (Å²) in [6.07, 6.45) is -4.27. The van der Waals surface area contributed by atoms with Crippen molar-refractivity contribution >= 4 is 35.6 Å². The molecule has 2 rings (SSSR count). The van der Waals surface area contributed by atoms with Crippen molar-refractivity contribution in [1.29, 1.82) is 0 Å². The largest absolute Gasteiger partial charge is 0.573 e. The Morgan fingerprint density at radius 3 is 2.56 bits per heavy atom. The number of benzene rings is 2. The number of aromatic hydroxyl groups is 1. The van der Waals surface area contributed by atoms with E-state index in [1.165, 1.54) is 18.2 Å². The second kappa shape index (κ2) is 9.35. The molecular formula is C16H17F3IN3O2. The van der Waals surface area contributed by atoms with Gasteiger partial charge in [-0.15, -0.1) is 37.1 Å². The van der Waals surface area contributed by atoms with Gasteiger partial charge in [-0.1, -0.05) is 24.3 Å². The minimum atomic E-state index is -4.79. The number of phenols is 1. The zero-order chi connectivity index (χ0) is 17.6. The van der Waals surface area contributed by atoms with Crippen molar-refractivity contribution in [3.8, 4) is 11.5 Å². The summed E-state index contributed by atoms with van der Waals surface area (Å²) in [6, 6.07) is 12.2. The number of nitrogens with two attached hydrogens (primary N) is 1. The van der Waals surface area contributed by atoms with Gasteiger partial charge < -0.3 is 20.9 Å². The molecule has 0 unspecified atom stereocenters. The summed E-state index contributed by atoms with van der Waals surface area (Å²) in [5, 5.41) is 11.9. The molecular weight excluding hydrogens is 450 g/mol. The van der Waals surface area contributed by atoms with Crippen molar-refractivity contribution in [3.05, 3.63) is 54.1 Å². The Bertz CT molecular complexity index is 724. The summed E-state index contributed by atoms with van der Waals surface area (Å²) in [6.45, 7) is 0.310. The van der Waals surface area contributed by atoms with Crippen LogP contribution in [0.4, 0.5) is 18.9 Å². The third-order valence-electron chi connectivity index (χ3n) is 2.97. The van der Waals surface area contributed by atoms with Gasteiger partial charge >= 0.3 is 6.36 Å². The minimum Gasteiger partial charge on any atom is -0.508 e. The number of phenolic OH excluding ortho intramolecular Hbond substituents is 1. The van der Waals surface area contributed by atoms with E-state index in [1.54, 1.807) is 24.3 Å². The highest BCUT2D eigenvalue weighted by Crippen LogP contribution is 2.29. The van der Waals surface area contributed by atoms with Gasteiger partial charge in [0.1, 0.15) is 5.75 Å². The zero-order valence-electron chi connectivity index (χ0n) is 13.0. The van der Waals surface area contributed by atoms with E-state index in [0.717, 1.165) is 5.56 Å². The van der Waals surface area contributed by atoms with Crippen molar-refractivity contribution < 1.29 is 23.0 Å². The molecule has 0 amide bonds. The maximum atomic E-state index is 12.3. The van der Waals surface area contributed by atoms with E-state index >= 15 is 0 Å². The van der Waals surface area contributed by atoms with E-state index < -0.39 is 12.1 Å². The molecule has 9 heteroatoms. The quantitative estimate of drug-likeness (QED) is 0.355. The van der Waals surface area contributed by atoms with E-state index in [-0.39, 0.29) is 41.4 Å². The average molecular weight is 467 g/mol. The molecule has 136 valence electrons. The van der Waals surface area contributed by atoms with E-state index in [4.69, 9.17) is 5.73 Å². The SMILES string of the molecule is I.NC(=NCCc1cccc(O)c1)Nc1ccccc1OC(F)(F)F. The Labute approximate surface area is 159 Å². The summed E-state index contributed by atoms with van der Waals surface area (Å²) in [7, 11) is 0. The number of halogens is 4. The van der Waals surface area contributed by atoms with Gasteiger partial charge in [0.25, 0.3) is 0 Å². The first-order valence-electron chi connectivity index (χ1n) is 7.03. The van der Waals surface area contributed by atoms with Crippen molar-refractivity contribution in [1.82, 2.24) is 0 Å². The predicted octanol–water partition coefficient (Wildman–Crippen LogP) is 3.88. The van der Waals surface area contributed by atoms with Gasteiger partial charge in [-0.25, -0.2) is 0 Å². The van der Waals surface area contributed by atoms with Gasteiger partial charge in [0, 0.05) is 6.54 Å². The molecule has 0 fully saturated rings. The fourth-order valence-corrected chi connectivity index (χ4v) is 1.98. The molecule has 0 bridgehead atoms. The Morgan fingerprint density at radius 2 is 1.88 bits per heavy atom. The Morgan fingerprint density at radius 1 is 1.16 bits per heavy atom. The van der Waals surface area contributed by atoms with E-state index in [0.29, 0.717) is 13.0 Å². The van der Waals surface area contributed by atoms with Gasteiger partial charge in [0.05, 0.1) is 5.69 Å². The molecule has 4 N–H and O–H groups in total. The number of para-hydroxylation sites is 2. The number of aliphatic imine (C=N–C) groups is 1. The second-order valence-corrected chi connectivity index (χ2v) is 4.86. The first-order valence-corrected chi connectivity index (χ1v) is 7.03. The molecule has 0 radical (unpaired) electrons. The highest BCUT2D eigenvalue weighted by molar-refractivity contribution is 14.0. The number of hydrogen-bond acceptors (Lipinski definition) is 3. The highest BCUT2D eigenvalue weighted by atomic mass is 127. The molecule has 0 heterocycles. The van der Waals surface area contributed by atoms with Gasteiger partial charge in [0.2, 0.25) is 0 Å². The number of nitrogens with one attached hydrogen (secondary N) is 1. The predicted molar refractivity (Wildman–Crippen MR) is 100 cm³/mol. The molecule has 0 aliphatic carbocycles. The van der Waals surface area contributed by atoms with Crippen LogP contribution in [0.5, 0.6) is 11.5 Å². The maximum Gasteiger partial charge on any atom is 0.573 e. The van der Waals surface area contributed by atoms with Crippen LogP contribution in [0.25, 0.3) is 0 Å². The molecule has 0 saturated carbocycles. The number of alkyl halides is 3. The molecule has 25 heavy (non-hydrogen) atoms. The molecule has 2 aromatic rings. The van der Waals surface area contributed by atoms with Gasteiger partial charge in [0.15, 0.2) is 11.7 Å². The van der Waals surface area contributed by atoms with Crippen LogP contribution in [0.2, 0.25) is 0 Å². The zero-order valence-corrected chi connectivity index (χ0v) is 15.3. The van der Waals surface area contributed by atoms with Crippen LogP contribution < -0.4 is 15.8 Å². The number of ether oxygens (including phenoxy) is 1. The first kappa shape index (κ1) is 20.9. The summed E-state index contributed by atoms with van der Waals surface area (Å²) in [4.78, 5) is 4.05. The topological polar surface area (TPSA) is 79.9 Å². The molecule has 0 spiro atoms. The standard InChI is InChI=1S/C16H16F3N3O2.HI/c17-16(18,19)24-14-7-2-1-6-13(14)22-15(20)21-9-8-11-4-3-5-12(23)10-11;/h1-7,10,23H,8-9H2,(H3,20,21,22);1H. The lowest BCUT2D eigenvalue weighted by Crippen LogP contribution is -2.24. The van der Waals surface area contributed by atoms with Crippen LogP contribution in [0.3, 0.4) is 0 Å². The van der Waals surface area contributed by atoms with Crippen molar-refractivity contribution in [2.75, 3.05) is 11.9 Å². The summed E-state index contributed by atoms with van der Waals surface area (Å²) >= 11 is 0. The van der Waals surface area contributed by atoms with Crippen LogP contribution in [-0.2, 0) is 6.42 Å². The Kier molecular flexibility index (Phi) is 7.81. The summed E-state index contributed by atoms with van der Waals surface area (Å²) < 4.78 is 41.0. The van der Waals surface area contributed by atoms with E-state index in [1.807, 2.05) is 6.07 Å². The van der Waals surface area contributed by atoms with Crippen molar-refractivity contribution in [3.63, 3.8) is 0 Å². The second-order valence-electron chi connectivity index (χ2n) is 4.86. The number of anilines is 1. The molecule has 0 saturated heterocycles. The molecule has 0 aliphatic heterocycles. The monoisotopic (exact) mass is 467 g/mol. The number of hydrogen-bond donors (Lipinski definition) is 3. The lowest BCUT2D eigenvalue weighted by molar-refractivity contribution is -0.274. The maximum absolute atomic E-state index is 12.3. The number of guanidine groups is 1. The minimum absolute atomic E-state index is 0.